The molecule has 1 heterocycles. The van der Waals surface area contributed by atoms with Crippen molar-refractivity contribution in [3.8, 4) is 0 Å². The van der Waals surface area contributed by atoms with Crippen molar-refractivity contribution in [1.29, 1.82) is 0 Å². The largest absolute Gasteiger partial charge is 0.352 e. The molecule has 1 aliphatic heterocycles. The van der Waals surface area contributed by atoms with Crippen molar-refractivity contribution in [3.05, 3.63) is 35.1 Å². The average Bonchev–Trinajstić information content (AvgIpc) is 2.48. The molecular formula is C16H24FN3O. The number of amides is 1. The Kier molecular flexibility index (Phi) is 5.70. The van der Waals surface area contributed by atoms with Gasteiger partial charge in [-0.25, -0.2) is 4.39 Å². The number of rotatable bonds is 5. The monoisotopic (exact) mass is 293 g/mol. The predicted octanol–water partition coefficient (Wildman–Crippen LogP) is 1.50. The highest BCUT2D eigenvalue weighted by atomic mass is 19.1. The number of nitrogens with one attached hydrogen (secondary N) is 1. The van der Waals surface area contributed by atoms with E-state index in [2.05, 4.69) is 22.2 Å². The van der Waals surface area contributed by atoms with E-state index in [1.807, 2.05) is 0 Å². The van der Waals surface area contributed by atoms with Crippen LogP contribution in [0.4, 0.5) is 4.39 Å². The number of benzene rings is 1. The fourth-order valence-electron chi connectivity index (χ4n) is 2.41. The second kappa shape index (κ2) is 7.52. The van der Waals surface area contributed by atoms with Gasteiger partial charge in [-0.1, -0.05) is 6.07 Å². The molecule has 1 N–H and O–H groups in total. The van der Waals surface area contributed by atoms with Crippen LogP contribution in [-0.2, 0) is 0 Å². The smallest absolute Gasteiger partial charge is 0.251 e. The first-order chi connectivity index (χ1) is 10.1. The third-order valence-corrected chi connectivity index (χ3v) is 3.97. The lowest BCUT2D eigenvalue weighted by Gasteiger charge is -2.32. The Hall–Kier alpha value is -1.46. The number of nitrogens with zero attached hydrogens (tertiary/aromatic N) is 2. The highest BCUT2D eigenvalue weighted by Gasteiger charge is 2.13. The van der Waals surface area contributed by atoms with Crippen molar-refractivity contribution in [2.75, 3.05) is 46.3 Å². The van der Waals surface area contributed by atoms with Crippen LogP contribution in [0.2, 0.25) is 0 Å². The number of piperazine rings is 1. The highest BCUT2D eigenvalue weighted by Crippen LogP contribution is 2.09. The van der Waals surface area contributed by atoms with Crippen LogP contribution in [0.5, 0.6) is 0 Å². The maximum absolute atomic E-state index is 13.4. The summed E-state index contributed by atoms with van der Waals surface area (Å²) in [7, 11) is 2.14. The van der Waals surface area contributed by atoms with Crippen molar-refractivity contribution in [2.24, 2.45) is 0 Å². The summed E-state index contributed by atoms with van der Waals surface area (Å²) >= 11 is 0. The van der Waals surface area contributed by atoms with Crippen molar-refractivity contribution in [1.82, 2.24) is 15.1 Å². The topological polar surface area (TPSA) is 35.6 Å². The molecule has 1 saturated heterocycles. The van der Waals surface area contributed by atoms with Gasteiger partial charge < -0.3 is 15.1 Å². The van der Waals surface area contributed by atoms with E-state index in [9.17, 15) is 9.18 Å². The molecule has 4 nitrogen and oxygen atoms in total. The molecule has 0 bridgehead atoms. The van der Waals surface area contributed by atoms with Gasteiger partial charge in [-0.2, -0.15) is 0 Å². The lowest BCUT2D eigenvalue weighted by Crippen LogP contribution is -2.45. The summed E-state index contributed by atoms with van der Waals surface area (Å²) in [6.45, 7) is 7.70. The molecule has 1 aliphatic rings. The van der Waals surface area contributed by atoms with Gasteiger partial charge in [-0.3, -0.25) is 4.79 Å². The van der Waals surface area contributed by atoms with Gasteiger partial charge in [0.1, 0.15) is 5.82 Å². The number of hydrogen-bond donors (Lipinski definition) is 1. The molecular weight excluding hydrogens is 269 g/mol. The molecule has 21 heavy (non-hydrogen) atoms. The van der Waals surface area contributed by atoms with E-state index in [0.29, 0.717) is 17.7 Å². The Morgan fingerprint density at radius 1 is 1.29 bits per heavy atom. The average molecular weight is 293 g/mol. The molecule has 1 aromatic carbocycles. The Morgan fingerprint density at radius 2 is 2.00 bits per heavy atom. The van der Waals surface area contributed by atoms with Gasteiger partial charge in [0.15, 0.2) is 0 Å². The summed E-state index contributed by atoms with van der Waals surface area (Å²) in [6, 6.07) is 4.59. The van der Waals surface area contributed by atoms with Gasteiger partial charge in [0, 0.05) is 38.3 Å². The van der Waals surface area contributed by atoms with E-state index in [0.717, 1.165) is 39.1 Å². The van der Waals surface area contributed by atoms with Crippen LogP contribution in [0.3, 0.4) is 0 Å². The Bertz CT molecular complexity index is 484. The molecule has 1 amide bonds. The quantitative estimate of drug-likeness (QED) is 0.836. The minimum atomic E-state index is -0.333. The van der Waals surface area contributed by atoms with E-state index >= 15 is 0 Å². The third kappa shape index (κ3) is 4.79. The number of halogens is 1. The fourth-order valence-corrected chi connectivity index (χ4v) is 2.41. The van der Waals surface area contributed by atoms with E-state index in [1.165, 1.54) is 6.07 Å². The summed E-state index contributed by atoms with van der Waals surface area (Å²) in [5.74, 6) is -0.535. The van der Waals surface area contributed by atoms with Gasteiger partial charge in [0.25, 0.3) is 5.91 Å². The fraction of sp³-hybridized carbons (Fsp3) is 0.562. The molecule has 0 atom stereocenters. The first kappa shape index (κ1) is 15.9. The van der Waals surface area contributed by atoms with Crippen LogP contribution < -0.4 is 5.32 Å². The zero-order valence-electron chi connectivity index (χ0n) is 12.9. The van der Waals surface area contributed by atoms with Crippen LogP contribution in [-0.4, -0.2) is 62.0 Å². The van der Waals surface area contributed by atoms with E-state index in [-0.39, 0.29) is 11.7 Å². The normalized spacial score (nSPS) is 16.9. The zero-order valence-corrected chi connectivity index (χ0v) is 12.9. The SMILES string of the molecule is Cc1ccc(C(=O)NCCCN2CCN(C)CC2)cc1F. The van der Waals surface area contributed by atoms with Crippen molar-refractivity contribution < 1.29 is 9.18 Å². The molecule has 0 aliphatic carbocycles. The van der Waals surface area contributed by atoms with Crippen molar-refractivity contribution in [2.45, 2.75) is 13.3 Å². The standard InChI is InChI=1S/C16H24FN3O/c1-13-4-5-14(12-15(13)17)16(21)18-6-3-7-20-10-8-19(2)9-11-20/h4-5,12H,3,6-11H2,1-2H3,(H,18,21). The van der Waals surface area contributed by atoms with E-state index in [1.54, 1.807) is 19.1 Å². The number of hydrogen-bond acceptors (Lipinski definition) is 3. The Balaban J connectivity index is 1.68. The van der Waals surface area contributed by atoms with Gasteiger partial charge in [0.2, 0.25) is 0 Å². The van der Waals surface area contributed by atoms with Gasteiger partial charge in [-0.15, -0.1) is 0 Å². The van der Waals surface area contributed by atoms with Gasteiger partial charge >= 0.3 is 0 Å². The first-order valence-corrected chi connectivity index (χ1v) is 7.51. The summed E-state index contributed by atoms with van der Waals surface area (Å²) in [5.41, 5.74) is 0.944. The number of carbonyl (C=O) groups excluding carboxylic acids is 1. The van der Waals surface area contributed by atoms with Crippen LogP contribution in [0.1, 0.15) is 22.3 Å². The minimum absolute atomic E-state index is 0.202. The molecule has 0 aromatic heterocycles. The lowest BCUT2D eigenvalue weighted by molar-refractivity contribution is 0.0949. The van der Waals surface area contributed by atoms with E-state index < -0.39 is 0 Å². The maximum Gasteiger partial charge on any atom is 0.251 e. The molecule has 1 aromatic rings. The van der Waals surface area contributed by atoms with Crippen LogP contribution in [0.15, 0.2) is 18.2 Å². The minimum Gasteiger partial charge on any atom is -0.352 e. The molecule has 2 rings (SSSR count). The summed E-state index contributed by atoms with van der Waals surface area (Å²) < 4.78 is 13.4. The highest BCUT2D eigenvalue weighted by molar-refractivity contribution is 5.94. The van der Waals surface area contributed by atoms with Gasteiger partial charge in [0.05, 0.1) is 0 Å². The Morgan fingerprint density at radius 3 is 2.67 bits per heavy atom. The van der Waals surface area contributed by atoms with E-state index in [4.69, 9.17) is 0 Å². The number of aryl methyl sites for hydroxylation is 1. The third-order valence-electron chi connectivity index (χ3n) is 3.97. The van der Waals surface area contributed by atoms with Crippen LogP contribution in [0, 0.1) is 12.7 Å². The molecule has 116 valence electrons. The maximum atomic E-state index is 13.4. The van der Waals surface area contributed by atoms with Gasteiger partial charge in [-0.05, 0) is 44.6 Å². The molecule has 5 heteroatoms. The lowest BCUT2D eigenvalue weighted by atomic mass is 10.1. The first-order valence-electron chi connectivity index (χ1n) is 7.51. The number of carbonyl (C=O) groups is 1. The van der Waals surface area contributed by atoms with Crippen molar-refractivity contribution in [3.63, 3.8) is 0 Å². The molecule has 1 fully saturated rings. The summed E-state index contributed by atoms with van der Waals surface area (Å²) in [4.78, 5) is 16.6. The van der Waals surface area contributed by atoms with Crippen LogP contribution in [0.25, 0.3) is 0 Å². The second-order valence-corrected chi connectivity index (χ2v) is 5.72. The predicted molar refractivity (Wildman–Crippen MR) is 82.0 cm³/mol. The molecule has 0 radical (unpaired) electrons. The van der Waals surface area contributed by atoms with Crippen molar-refractivity contribution >= 4 is 5.91 Å². The van der Waals surface area contributed by atoms with Crippen LogP contribution >= 0.6 is 0 Å². The molecule has 0 saturated carbocycles. The molecule has 0 unspecified atom stereocenters. The second-order valence-electron chi connectivity index (χ2n) is 5.72. The summed E-state index contributed by atoms with van der Waals surface area (Å²) in [5, 5.41) is 2.85. The zero-order chi connectivity index (χ0) is 15.2. The Labute approximate surface area is 125 Å². The number of likely N-dealkylation sites (N-methyl/N-ethyl adjacent to an activating group) is 1. The summed E-state index contributed by atoms with van der Waals surface area (Å²) in [6.07, 6.45) is 0.920. The molecule has 0 spiro atoms.